The Morgan fingerprint density at radius 2 is 2.06 bits per heavy atom. The van der Waals surface area contributed by atoms with Crippen LogP contribution >= 0.6 is 22.9 Å². The van der Waals surface area contributed by atoms with Crippen LogP contribution in [0.2, 0.25) is 4.47 Å². The van der Waals surface area contributed by atoms with Gasteiger partial charge in [-0.05, 0) is 12.1 Å². The van der Waals surface area contributed by atoms with Gasteiger partial charge in [0.15, 0.2) is 16.0 Å². The molecule has 0 saturated heterocycles. The summed E-state index contributed by atoms with van der Waals surface area (Å²) < 4.78 is 11.0. The molecule has 1 aromatic heterocycles. The molecule has 2 rings (SSSR count). The van der Waals surface area contributed by atoms with E-state index in [9.17, 15) is 0 Å². The monoisotopic (exact) mass is 284 g/mol. The lowest BCUT2D eigenvalue weighted by Crippen LogP contribution is -1.98. The van der Waals surface area contributed by atoms with Crippen molar-refractivity contribution < 1.29 is 9.47 Å². The Morgan fingerprint density at radius 3 is 2.67 bits per heavy atom. The van der Waals surface area contributed by atoms with Crippen molar-refractivity contribution in [2.75, 3.05) is 19.5 Å². The summed E-state index contributed by atoms with van der Waals surface area (Å²) in [6.07, 6.45) is 1.76. The zero-order valence-corrected chi connectivity index (χ0v) is 11.6. The van der Waals surface area contributed by atoms with Gasteiger partial charge < -0.3 is 14.8 Å². The summed E-state index contributed by atoms with van der Waals surface area (Å²) in [5, 5.41) is 3.28. The second-order valence-electron chi connectivity index (χ2n) is 3.50. The van der Waals surface area contributed by atoms with Crippen LogP contribution in [0.5, 0.6) is 11.5 Å². The Labute approximate surface area is 115 Å². The van der Waals surface area contributed by atoms with E-state index in [1.807, 2.05) is 18.2 Å². The molecule has 0 unspecified atom stereocenters. The molecule has 0 atom stereocenters. The van der Waals surface area contributed by atoms with Crippen LogP contribution in [0.3, 0.4) is 0 Å². The fourth-order valence-corrected chi connectivity index (χ4v) is 2.42. The zero-order valence-electron chi connectivity index (χ0n) is 10.1. The van der Waals surface area contributed by atoms with Crippen LogP contribution in [0, 0.1) is 0 Å². The Bertz CT molecular complexity index is 531. The molecule has 1 aromatic carbocycles. The average Bonchev–Trinajstić information content (AvgIpc) is 2.81. The van der Waals surface area contributed by atoms with E-state index >= 15 is 0 Å². The molecule has 0 spiro atoms. The molecule has 0 radical (unpaired) electrons. The molecule has 0 saturated carbocycles. The number of anilines is 1. The van der Waals surface area contributed by atoms with Gasteiger partial charge in [-0.25, -0.2) is 4.98 Å². The molecule has 2 aromatic rings. The maximum atomic E-state index is 5.77. The normalized spacial score (nSPS) is 10.2. The predicted molar refractivity (Wildman–Crippen MR) is 74.0 cm³/mol. The van der Waals surface area contributed by atoms with E-state index in [1.165, 1.54) is 11.3 Å². The topological polar surface area (TPSA) is 43.4 Å². The quantitative estimate of drug-likeness (QED) is 0.913. The van der Waals surface area contributed by atoms with Gasteiger partial charge in [-0.15, -0.1) is 11.3 Å². The number of aromatic nitrogens is 1. The van der Waals surface area contributed by atoms with E-state index in [4.69, 9.17) is 21.1 Å². The van der Waals surface area contributed by atoms with Crippen LogP contribution in [-0.4, -0.2) is 19.2 Å². The molecule has 0 amide bonds. The summed E-state index contributed by atoms with van der Waals surface area (Å²) in [6.45, 7) is 0.680. The minimum atomic E-state index is 0.555. The number of rotatable bonds is 5. The van der Waals surface area contributed by atoms with Crippen molar-refractivity contribution in [2.45, 2.75) is 6.54 Å². The van der Waals surface area contributed by atoms with Crippen molar-refractivity contribution in [3.8, 4) is 11.5 Å². The summed E-state index contributed by atoms with van der Waals surface area (Å²) in [5.41, 5.74) is 0.956. The molecule has 4 nitrogen and oxygen atoms in total. The van der Waals surface area contributed by atoms with E-state index in [0.717, 1.165) is 10.6 Å². The predicted octanol–water partition coefficient (Wildman–Crippen LogP) is 3.43. The lowest BCUT2D eigenvalue weighted by Gasteiger charge is -2.10. The van der Waals surface area contributed by atoms with E-state index in [2.05, 4.69) is 10.3 Å². The Balaban J connectivity index is 2.05. The highest BCUT2D eigenvalue weighted by Gasteiger charge is 2.05. The van der Waals surface area contributed by atoms with E-state index in [0.29, 0.717) is 22.5 Å². The number of hydrogen-bond donors (Lipinski definition) is 1. The van der Waals surface area contributed by atoms with Crippen LogP contribution in [-0.2, 0) is 6.54 Å². The number of halogens is 1. The van der Waals surface area contributed by atoms with Gasteiger partial charge in [-0.1, -0.05) is 11.6 Å². The average molecular weight is 285 g/mol. The fourth-order valence-electron chi connectivity index (χ4n) is 1.50. The zero-order chi connectivity index (χ0) is 13.0. The number of benzene rings is 1. The first-order chi connectivity index (χ1) is 8.72. The highest BCUT2D eigenvalue weighted by atomic mass is 35.5. The second kappa shape index (κ2) is 5.93. The summed E-state index contributed by atoms with van der Waals surface area (Å²) in [7, 11) is 3.23. The van der Waals surface area contributed by atoms with Gasteiger partial charge in [0, 0.05) is 22.8 Å². The van der Waals surface area contributed by atoms with Crippen LogP contribution in [0.25, 0.3) is 0 Å². The van der Waals surface area contributed by atoms with Crippen molar-refractivity contribution in [3.63, 3.8) is 0 Å². The lowest BCUT2D eigenvalue weighted by molar-refractivity contribution is 0.355. The number of nitrogens with zero attached hydrogens (tertiary/aromatic N) is 1. The van der Waals surface area contributed by atoms with Gasteiger partial charge in [0.05, 0.1) is 20.8 Å². The maximum absolute atomic E-state index is 5.77. The molecule has 96 valence electrons. The number of thiazole rings is 1. The standard InChI is InChI=1S/C12H13ClN2O2S/c1-16-10-4-3-8(5-11(10)17-2)14-6-9-7-15-12(13)18-9/h3-5,7,14H,6H2,1-2H3. The number of ether oxygens (including phenoxy) is 2. The minimum absolute atomic E-state index is 0.555. The molecule has 0 bridgehead atoms. The number of nitrogens with one attached hydrogen (secondary N) is 1. The van der Waals surface area contributed by atoms with Gasteiger partial charge in [0.25, 0.3) is 0 Å². The third-order valence-electron chi connectivity index (χ3n) is 2.38. The van der Waals surface area contributed by atoms with Crippen molar-refractivity contribution in [2.24, 2.45) is 0 Å². The summed E-state index contributed by atoms with van der Waals surface area (Å²) in [5.74, 6) is 1.41. The lowest BCUT2D eigenvalue weighted by atomic mass is 10.2. The van der Waals surface area contributed by atoms with Gasteiger partial charge in [0.1, 0.15) is 0 Å². The largest absolute Gasteiger partial charge is 0.493 e. The minimum Gasteiger partial charge on any atom is -0.493 e. The third kappa shape index (κ3) is 3.05. The molecule has 0 aliphatic heterocycles. The SMILES string of the molecule is COc1ccc(NCc2cnc(Cl)s2)cc1OC. The van der Waals surface area contributed by atoms with Gasteiger partial charge in [-0.2, -0.15) is 0 Å². The Morgan fingerprint density at radius 1 is 1.28 bits per heavy atom. The molecule has 1 heterocycles. The maximum Gasteiger partial charge on any atom is 0.183 e. The molecular formula is C12H13ClN2O2S. The van der Waals surface area contributed by atoms with Crippen LogP contribution in [0.1, 0.15) is 4.88 Å². The Hall–Kier alpha value is -1.46. The number of methoxy groups -OCH3 is 2. The summed E-state index contributed by atoms with van der Waals surface area (Å²) >= 11 is 7.23. The van der Waals surface area contributed by atoms with E-state index in [1.54, 1.807) is 20.4 Å². The van der Waals surface area contributed by atoms with E-state index in [-0.39, 0.29) is 0 Å². The summed E-state index contributed by atoms with van der Waals surface area (Å²) in [4.78, 5) is 5.07. The highest BCUT2D eigenvalue weighted by molar-refractivity contribution is 7.15. The molecule has 6 heteroatoms. The molecule has 0 aliphatic rings. The van der Waals surface area contributed by atoms with Gasteiger partial charge >= 0.3 is 0 Å². The molecule has 0 fully saturated rings. The van der Waals surface area contributed by atoms with Gasteiger partial charge in [-0.3, -0.25) is 0 Å². The molecule has 18 heavy (non-hydrogen) atoms. The van der Waals surface area contributed by atoms with Crippen molar-refractivity contribution in [3.05, 3.63) is 33.7 Å². The Kier molecular flexibility index (Phi) is 4.28. The molecule has 1 N–H and O–H groups in total. The fraction of sp³-hybridized carbons (Fsp3) is 0.250. The first-order valence-electron chi connectivity index (χ1n) is 5.29. The van der Waals surface area contributed by atoms with Crippen LogP contribution in [0.4, 0.5) is 5.69 Å². The van der Waals surface area contributed by atoms with Gasteiger partial charge in [0.2, 0.25) is 0 Å². The van der Waals surface area contributed by atoms with E-state index < -0.39 is 0 Å². The first-order valence-corrected chi connectivity index (χ1v) is 6.48. The third-order valence-corrected chi connectivity index (χ3v) is 3.49. The van der Waals surface area contributed by atoms with Crippen molar-refractivity contribution >= 4 is 28.6 Å². The number of hydrogen-bond acceptors (Lipinski definition) is 5. The second-order valence-corrected chi connectivity index (χ2v) is 5.20. The highest BCUT2D eigenvalue weighted by Crippen LogP contribution is 2.30. The van der Waals surface area contributed by atoms with Crippen LogP contribution in [0.15, 0.2) is 24.4 Å². The van der Waals surface area contributed by atoms with Crippen molar-refractivity contribution in [1.29, 1.82) is 0 Å². The first kappa shape index (κ1) is 13.0. The molecule has 0 aliphatic carbocycles. The summed E-state index contributed by atoms with van der Waals surface area (Å²) in [6, 6.07) is 5.69. The van der Waals surface area contributed by atoms with Crippen molar-refractivity contribution in [1.82, 2.24) is 4.98 Å². The van der Waals surface area contributed by atoms with Crippen LogP contribution < -0.4 is 14.8 Å². The molecular weight excluding hydrogens is 272 g/mol. The smallest absolute Gasteiger partial charge is 0.183 e.